The van der Waals surface area contributed by atoms with Crippen molar-refractivity contribution in [3.05, 3.63) is 35.9 Å². The van der Waals surface area contributed by atoms with E-state index in [9.17, 15) is 4.79 Å². The van der Waals surface area contributed by atoms with Gasteiger partial charge in [0.1, 0.15) is 0 Å². The van der Waals surface area contributed by atoms with E-state index in [2.05, 4.69) is 35.6 Å². The van der Waals surface area contributed by atoms with Gasteiger partial charge in [-0.2, -0.15) is 0 Å². The second kappa shape index (κ2) is 9.23. The molecular weight excluding hydrogens is 312 g/mol. The summed E-state index contributed by atoms with van der Waals surface area (Å²) in [6.45, 7) is 4.21. The van der Waals surface area contributed by atoms with Crippen molar-refractivity contribution in [1.82, 2.24) is 10.2 Å². The molecule has 1 N–H and O–H groups in total. The number of hydrogen-bond donors (Lipinski definition) is 1. The maximum atomic E-state index is 12.2. The van der Waals surface area contributed by atoms with Crippen LogP contribution in [0.2, 0.25) is 0 Å². The molecule has 1 aromatic rings. The number of rotatable bonds is 5. The minimum absolute atomic E-state index is 0.0728. The van der Waals surface area contributed by atoms with Gasteiger partial charge in [-0.05, 0) is 63.4 Å². The fourth-order valence-corrected chi connectivity index (χ4v) is 4.23. The number of carbonyl (C=O) groups is 1. The Morgan fingerprint density at radius 1 is 1.12 bits per heavy atom. The lowest BCUT2D eigenvalue weighted by molar-refractivity contribution is -0.0112. The van der Waals surface area contributed by atoms with Crippen LogP contribution < -0.4 is 5.32 Å². The third kappa shape index (κ3) is 4.97. The zero-order chi connectivity index (χ0) is 17.5. The molecule has 1 saturated carbocycles. The quantitative estimate of drug-likeness (QED) is 0.864. The van der Waals surface area contributed by atoms with Crippen molar-refractivity contribution in [2.75, 3.05) is 19.7 Å². The van der Waals surface area contributed by atoms with Crippen molar-refractivity contribution in [1.29, 1.82) is 0 Å². The second-order valence-corrected chi connectivity index (χ2v) is 7.40. The number of nitrogens with zero attached hydrogens (tertiary/aromatic N) is 1. The summed E-state index contributed by atoms with van der Waals surface area (Å²) in [5, 5.41) is 2.94. The lowest BCUT2D eigenvalue weighted by Crippen LogP contribution is -2.50. The predicted octanol–water partition coefficient (Wildman–Crippen LogP) is 4.31. The Hall–Kier alpha value is -1.55. The maximum Gasteiger partial charge on any atom is 0.317 e. The van der Waals surface area contributed by atoms with E-state index >= 15 is 0 Å². The van der Waals surface area contributed by atoms with Gasteiger partial charge >= 0.3 is 6.03 Å². The van der Waals surface area contributed by atoms with Crippen LogP contribution in [0.4, 0.5) is 4.79 Å². The molecule has 3 rings (SSSR count). The van der Waals surface area contributed by atoms with E-state index in [4.69, 9.17) is 4.74 Å². The van der Waals surface area contributed by atoms with E-state index in [0.29, 0.717) is 25.2 Å². The molecule has 4 nitrogen and oxygen atoms in total. The molecule has 2 fully saturated rings. The first kappa shape index (κ1) is 18.2. The summed E-state index contributed by atoms with van der Waals surface area (Å²) in [4.78, 5) is 14.2. The number of urea groups is 1. The van der Waals surface area contributed by atoms with E-state index in [-0.39, 0.29) is 12.1 Å². The number of hydrogen-bond acceptors (Lipinski definition) is 2. The van der Waals surface area contributed by atoms with Gasteiger partial charge in [0.15, 0.2) is 0 Å². The Morgan fingerprint density at radius 2 is 1.88 bits per heavy atom. The van der Waals surface area contributed by atoms with E-state index in [0.717, 1.165) is 32.2 Å². The van der Waals surface area contributed by atoms with Crippen LogP contribution in [-0.4, -0.2) is 42.8 Å². The van der Waals surface area contributed by atoms with Crippen LogP contribution >= 0.6 is 0 Å². The van der Waals surface area contributed by atoms with Crippen LogP contribution in [-0.2, 0) is 4.74 Å². The third-order valence-electron chi connectivity index (χ3n) is 5.69. The van der Waals surface area contributed by atoms with Crippen molar-refractivity contribution in [3.63, 3.8) is 0 Å². The summed E-state index contributed by atoms with van der Waals surface area (Å²) in [6, 6.07) is 11.2. The van der Waals surface area contributed by atoms with E-state index in [1.807, 2.05) is 11.8 Å². The molecular formula is C21H32N2O2. The molecule has 0 spiro atoms. The molecule has 1 heterocycles. The van der Waals surface area contributed by atoms with Gasteiger partial charge in [-0.25, -0.2) is 4.79 Å². The highest BCUT2D eigenvalue weighted by Crippen LogP contribution is 2.34. The molecule has 138 valence electrons. The molecule has 25 heavy (non-hydrogen) atoms. The summed E-state index contributed by atoms with van der Waals surface area (Å²) in [5.74, 6) is 0.683. The number of amides is 2. The average Bonchev–Trinajstić information content (AvgIpc) is 2.68. The molecule has 4 heteroatoms. The standard InChI is InChI=1S/C21H32N2O2/c1-2-22-21(24)23-15-7-6-10-19(23)16-25-20-13-11-18(12-14-20)17-8-4-3-5-9-17/h3-5,8-9,18-20H,2,6-7,10-16H2,1H3,(H,22,24). The average molecular weight is 344 g/mol. The first-order valence-electron chi connectivity index (χ1n) is 9.99. The lowest BCUT2D eigenvalue weighted by Gasteiger charge is -2.37. The van der Waals surface area contributed by atoms with Crippen molar-refractivity contribution in [2.45, 2.75) is 69.9 Å². The largest absolute Gasteiger partial charge is 0.376 e. The Kier molecular flexibility index (Phi) is 6.74. The number of ether oxygens (including phenoxy) is 1. The molecule has 1 unspecified atom stereocenters. The first-order chi connectivity index (χ1) is 12.3. The maximum absolute atomic E-state index is 12.2. The Morgan fingerprint density at radius 3 is 2.60 bits per heavy atom. The summed E-state index contributed by atoms with van der Waals surface area (Å²) < 4.78 is 6.24. The highest BCUT2D eigenvalue weighted by molar-refractivity contribution is 5.74. The van der Waals surface area contributed by atoms with Gasteiger partial charge in [0, 0.05) is 13.1 Å². The Labute approximate surface area is 151 Å². The lowest BCUT2D eigenvalue weighted by atomic mass is 9.83. The fourth-order valence-electron chi connectivity index (χ4n) is 4.23. The van der Waals surface area contributed by atoms with Crippen LogP contribution in [0.1, 0.15) is 63.4 Å². The molecule has 0 radical (unpaired) electrons. The molecule has 1 aliphatic carbocycles. The zero-order valence-electron chi connectivity index (χ0n) is 15.5. The highest BCUT2D eigenvalue weighted by Gasteiger charge is 2.29. The van der Waals surface area contributed by atoms with E-state index in [1.165, 1.54) is 24.8 Å². The van der Waals surface area contributed by atoms with Crippen molar-refractivity contribution in [2.24, 2.45) is 0 Å². The minimum Gasteiger partial charge on any atom is -0.376 e. The molecule has 1 aromatic carbocycles. The van der Waals surface area contributed by atoms with Gasteiger partial charge in [0.25, 0.3) is 0 Å². The molecule has 0 aromatic heterocycles. The Balaban J connectivity index is 1.45. The molecule has 0 bridgehead atoms. The normalized spacial score (nSPS) is 27.1. The number of piperidine rings is 1. The van der Waals surface area contributed by atoms with Crippen LogP contribution in [0.25, 0.3) is 0 Å². The summed E-state index contributed by atoms with van der Waals surface area (Å²) in [7, 11) is 0. The summed E-state index contributed by atoms with van der Waals surface area (Å²) in [6.07, 6.45) is 8.41. The van der Waals surface area contributed by atoms with E-state index < -0.39 is 0 Å². The zero-order valence-corrected chi connectivity index (χ0v) is 15.5. The molecule has 1 atom stereocenters. The van der Waals surface area contributed by atoms with Gasteiger partial charge in [-0.1, -0.05) is 30.3 Å². The number of benzene rings is 1. The van der Waals surface area contributed by atoms with Crippen molar-refractivity contribution >= 4 is 6.03 Å². The Bertz CT molecular complexity index is 526. The summed E-state index contributed by atoms with van der Waals surface area (Å²) in [5.41, 5.74) is 1.47. The SMILES string of the molecule is CCNC(=O)N1CCCCC1COC1CCC(c2ccccc2)CC1. The van der Waals surface area contributed by atoms with Gasteiger partial charge in [0.05, 0.1) is 18.8 Å². The summed E-state index contributed by atoms with van der Waals surface area (Å²) >= 11 is 0. The van der Waals surface area contributed by atoms with Crippen LogP contribution in [0.3, 0.4) is 0 Å². The third-order valence-corrected chi connectivity index (χ3v) is 5.69. The predicted molar refractivity (Wildman–Crippen MR) is 101 cm³/mol. The van der Waals surface area contributed by atoms with Crippen LogP contribution in [0, 0.1) is 0 Å². The monoisotopic (exact) mass is 344 g/mol. The minimum atomic E-state index is 0.0728. The van der Waals surface area contributed by atoms with Gasteiger partial charge in [-0.15, -0.1) is 0 Å². The van der Waals surface area contributed by atoms with E-state index in [1.54, 1.807) is 0 Å². The van der Waals surface area contributed by atoms with Crippen molar-refractivity contribution < 1.29 is 9.53 Å². The van der Waals surface area contributed by atoms with Crippen LogP contribution in [0.15, 0.2) is 30.3 Å². The first-order valence-corrected chi connectivity index (χ1v) is 9.99. The molecule has 1 aliphatic heterocycles. The highest BCUT2D eigenvalue weighted by atomic mass is 16.5. The topological polar surface area (TPSA) is 41.6 Å². The molecule has 2 aliphatic rings. The van der Waals surface area contributed by atoms with Crippen LogP contribution in [0.5, 0.6) is 0 Å². The van der Waals surface area contributed by atoms with Gasteiger partial charge < -0.3 is 15.0 Å². The van der Waals surface area contributed by atoms with Gasteiger partial charge in [-0.3, -0.25) is 0 Å². The number of likely N-dealkylation sites (tertiary alicyclic amines) is 1. The fraction of sp³-hybridized carbons (Fsp3) is 0.667. The second-order valence-electron chi connectivity index (χ2n) is 7.40. The molecule has 2 amide bonds. The smallest absolute Gasteiger partial charge is 0.317 e. The van der Waals surface area contributed by atoms with Crippen molar-refractivity contribution in [3.8, 4) is 0 Å². The van der Waals surface area contributed by atoms with Gasteiger partial charge in [0.2, 0.25) is 0 Å². The number of nitrogens with one attached hydrogen (secondary N) is 1. The number of carbonyl (C=O) groups excluding carboxylic acids is 1. The molecule has 1 saturated heterocycles.